The summed E-state index contributed by atoms with van der Waals surface area (Å²) in [4.78, 5) is 30.6. The topological polar surface area (TPSA) is 97.1 Å². The molecule has 2 aliphatic rings. The van der Waals surface area contributed by atoms with Crippen LogP contribution in [0.25, 0.3) is 0 Å². The van der Waals surface area contributed by atoms with Crippen molar-refractivity contribution in [2.45, 2.75) is 57.5 Å². The maximum atomic E-state index is 13.7. The highest BCUT2D eigenvalue weighted by atomic mass is 16.7. The molecule has 1 N–H and O–H groups in total. The molecule has 3 atom stereocenters. The second-order valence-electron chi connectivity index (χ2n) is 12.1. The van der Waals surface area contributed by atoms with Gasteiger partial charge in [0, 0.05) is 50.5 Å². The number of aromatic nitrogens is 2. The first-order chi connectivity index (χ1) is 19.2. The molecule has 1 aromatic heterocycles. The molecule has 0 bridgehead atoms. The number of hydrogen-bond acceptors (Lipinski definition) is 6. The third-order valence-electron chi connectivity index (χ3n) is 8.05. The number of fused-ring (bicyclic) bond motifs is 1. The summed E-state index contributed by atoms with van der Waals surface area (Å²) >= 11 is 0. The van der Waals surface area contributed by atoms with Gasteiger partial charge in [-0.05, 0) is 49.4 Å². The average molecular weight is 557 g/mol. The Morgan fingerprint density at radius 1 is 1.12 bits per heavy atom. The van der Waals surface area contributed by atoms with Gasteiger partial charge in [-0.1, -0.05) is 19.4 Å². The van der Waals surface area contributed by atoms with Crippen LogP contribution in [-0.2, 0) is 16.1 Å². The summed E-state index contributed by atoms with van der Waals surface area (Å²) in [5.41, 5.74) is 0.902. The predicted octanol–water partition coefficient (Wildman–Crippen LogP) is 3.29. The highest BCUT2D eigenvalue weighted by molar-refractivity contribution is 5.79. The Morgan fingerprint density at radius 3 is 2.60 bits per heavy atom. The molecule has 40 heavy (non-hydrogen) atoms. The molecule has 0 radical (unpaired) electrons. The van der Waals surface area contributed by atoms with Crippen LogP contribution >= 0.6 is 0 Å². The van der Waals surface area contributed by atoms with Crippen molar-refractivity contribution < 1.29 is 28.7 Å². The Morgan fingerprint density at radius 2 is 1.90 bits per heavy atom. The van der Waals surface area contributed by atoms with Gasteiger partial charge in [-0.15, -0.1) is 0 Å². The first-order valence-corrected chi connectivity index (χ1v) is 14.6. The van der Waals surface area contributed by atoms with Crippen LogP contribution in [0.4, 0.5) is 0 Å². The minimum Gasteiger partial charge on any atom is -0.481 e. The number of benzene rings is 1. The van der Waals surface area contributed by atoms with Crippen molar-refractivity contribution in [1.82, 2.24) is 19.6 Å². The minimum atomic E-state index is -0.841. The molecule has 1 saturated heterocycles. The lowest BCUT2D eigenvalue weighted by molar-refractivity contribution is -0.870. The van der Waals surface area contributed by atoms with E-state index in [1.165, 1.54) is 0 Å². The fourth-order valence-corrected chi connectivity index (χ4v) is 5.90. The van der Waals surface area contributed by atoms with Crippen molar-refractivity contribution in [1.29, 1.82) is 0 Å². The summed E-state index contributed by atoms with van der Waals surface area (Å²) < 4.78 is 13.8. The third-order valence-corrected chi connectivity index (χ3v) is 8.05. The zero-order chi connectivity index (χ0) is 28.7. The average Bonchev–Trinajstić information content (AvgIpc) is 3.66. The van der Waals surface area contributed by atoms with Crippen molar-refractivity contribution in [3.05, 3.63) is 42.2 Å². The van der Waals surface area contributed by atoms with Crippen LogP contribution in [0.2, 0.25) is 0 Å². The Hall–Kier alpha value is -3.11. The van der Waals surface area contributed by atoms with Crippen LogP contribution in [0.5, 0.6) is 11.5 Å². The molecule has 0 saturated carbocycles. The number of carbonyl (C=O) groups excluding carboxylic acids is 1. The summed E-state index contributed by atoms with van der Waals surface area (Å²) in [5.74, 6) is -0.366. The van der Waals surface area contributed by atoms with E-state index in [4.69, 9.17) is 9.47 Å². The lowest BCUT2D eigenvalue weighted by Crippen LogP contribution is -2.45. The van der Waals surface area contributed by atoms with Crippen LogP contribution in [0, 0.1) is 5.92 Å². The first kappa shape index (κ1) is 29.9. The number of nitrogens with zero attached hydrogens (tertiary/aromatic N) is 5. The maximum Gasteiger partial charge on any atom is 0.308 e. The molecule has 0 unspecified atom stereocenters. The van der Waals surface area contributed by atoms with Gasteiger partial charge < -0.3 is 24.0 Å². The standard InChI is InChI=1S/C30H45N5O5/c1-5-6-14-32(15-7-8-18-35(2,3)4)28(36)21-33-20-24(23-10-11-26-27(19-23)40-22-39-26)29(30(37)38)25(33)12-17-34-16-9-13-31-34/h9-11,13,16,19,24-25,29H,5-8,12,14-15,17-18,20-22H2,1-4H3/p+1/t24-,25+,29-/m1/s1. The van der Waals surface area contributed by atoms with E-state index in [9.17, 15) is 14.7 Å². The molecule has 2 aromatic rings. The molecule has 1 fully saturated rings. The van der Waals surface area contributed by atoms with Crippen molar-refractivity contribution in [3.8, 4) is 11.5 Å². The van der Waals surface area contributed by atoms with E-state index < -0.39 is 11.9 Å². The quantitative estimate of drug-likeness (QED) is 0.266. The van der Waals surface area contributed by atoms with Crippen molar-refractivity contribution in [3.63, 3.8) is 0 Å². The minimum absolute atomic E-state index is 0.0817. The molecule has 1 amide bonds. The molecular weight excluding hydrogens is 510 g/mol. The summed E-state index contributed by atoms with van der Waals surface area (Å²) in [6.45, 7) is 6.14. The molecule has 3 heterocycles. The Kier molecular flexibility index (Phi) is 10.1. The number of likely N-dealkylation sites (tertiary alicyclic amines) is 1. The number of carboxylic acid groups (broad SMARTS) is 1. The largest absolute Gasteiger partial charge is 0.481 e. The lowest BCUT2D eigenvalue weighted by Gasteiger charge is -2.30. The highest BCUT2D eigenvalue weighted by Gasteiger charge is 2.47. The number of rotatable bonds is 15. The molecule has 220 valence electrons. The third kappa shape index (κ3) is 7.75. The molecule has 1 aromatic carbocycles. The van der Waals surface area contributed by atoms with Crippen LogP contribution in [0.3, 0.4) is 0 Å². The first-order valence-electron chi connectivity index (χ1n) is 14.6. The number of aryl methyl sites for hydroxylation is 1. The van der Waals surface area contributed by atoms with E-state index in [1.54, 1.807) is 6.20 Å². The van der Waals surface area contributed by atoms with Crippen molar-refractivity contribution >= 4 is 11.9 Å². The summed E-state index contributed by atoms with van der Waals surface area (Å²) in [6, 6.07) is 7.26. The summed E-state index contributed by atoms with van der Waals surface area (Å²) in [5, 5.41) is 14.8. The molecule has 10 nitrogen and oxygen atoms in total. The number of ether oxygens (including phenoxy) is 2. The SMILES string of the molecule is CCCCN(CCCC[N+](C)(C)C)C(=O)CN1C[C@H](c2ccc3c(c2)OCO3)[C@@H](C(=O)O)[C@@H]1CCn1cccn1. The normalized spacial score (nSPS) is 20.6. The van der Waals surface area contributed by atoms with Crippen molar-refractivity contribution in [2.75, 3.05) is 60.7 Å². The van der Waals surface area contributed by atoms with Crippen LogP contribution in [-0.4, -0.2) is 108 Å². The van der Waals surface area contributed by atoms with Gasteiger partial charge in [0.1, 0.15) is 0 Å². The predicted molar refractivity (Wildman–Crippen MR) is 152 cm³/mol. The molecule has 10 heteroatoms. The zero-order valence-corrected chi connectivity index (χ0v) is 24.5. The van der Waals surface area contributed by atoms with Crippen molar-refractivity contribution in [2.24, 2.45) is 5.92 Å². The van der Waals surface area contributed by atoms with Gasteiger partial charge in [0.2, 0.25) is 12.7 Å². The van der Waals surface area contributed by atoms with E-state index >= 15 is 0 Å². The molecule has 2 aliphatic heterocycles. The van der Waals surface area contributed by atoms with Gasteiger partial charge in [-0.25, -0.2) is 0 Å². The van der Waals surface area contributed by atoms with Crippen LogP contribution in [0.15, 0.2) is 36.7 Å². The van der Waals surface area contributed by atoms with E-state index in [0.29, 0.717) is 31.0 Å². The van der Waals surface area contributed by atoms with Gasteiger partial charge in [0.15, 0.2) is 11.5 Å². The number of hydrogen-bond donors (Lipinski definition) is 1. The smallest absolute Gasteiger partial charge is 0.308 e. The van der Waals surface area contributed by atoms with E-state index in [-0.39, 0.29) is 31.2 Å². The van der Waals surface area contributed by atoms with Crippen LogP contribution in [0.1, 0.15) is 50.5 Å². The lowest BCUT2D eigenvalue weighted by atomic mass is 9.84. The van der Waals surface area contributed by atoms with Gasteiger partial charge in [-0.2, -0.15) is 5.10 Å². The van der Waals surface area contributed by atoms with Gasteiger partial charge in [0.25, 0.3) is 0 Å². The maximum absolute atomic E-state index is 13.7. The zero-order valence-electron chi connectivity index (χ0n) is 24.5. The second kappa shape index (κ2) is 13.5. The van der Waals surface area contributed by atoms with Gasteiger partial charge >= 0.3 is 5.97 Å². The summed E-state index contributed by atoms with van der Waals surface area (Å²) in [6.07, 6.45) is 8.20. The van der Waals surface area contributed by atoms with E-state index in [2.05, 4.69) is 38.1 Å². The van der Waals surface area contributed by atoms with Gasteiger partial charge in [-0.3, -0.25) is 19.2 Å². The summed E-state index contributed by atoms with van der Waals surface area (Å²) in [7, 11) is 6.56. The monoisotopic (exact) mass is 556 g/mol. The highest BCUT2D eigenvalue weighted by Crippen LogP contribution is 2.42. The number of carbonyl (C=O) groups is 2. The van der Waals surface area contributed by atoms with E-state index in [1.807, 2.05) is 40.0 Å². The Labute approximate surface area is 238 Å². The number of carboxylic acids is 1. The Balaban J connectivity index is 1.52. The molecule has 0 spiro atoms. The fourth-order valence-electron chi connectivity index (χ4n) is 5.90. The van der Waals surface area contributed by atoms with Gasteiger partial charge in [0.05, 0.1) is 40.2 Å². The number of unbranched alkanes of at least 4 members (excludes halogenated alkanes) is 2. The number of quaternary nitrogens is 1. The number of amides is 1. The molecular formula is C30H46N5O5+. The molecule has 4 rings (SSSR count). The molecule has 0 aliphatic carbocycles. The van der Waals surface area contributed by atoms with E-state index in [0.717, 1.165) is 55.4 Å². The van der Waals surface area contributed by atoms with Crippen LogP contribution < -0.4 is 9.47 Å². The fraction of sp³-hybridized carbons (Fsp3) is 0.633. The Bertz CT molecular complexity index is 1120. The number of aliphatic carboxylic acids is 1. The second-order valence-corrected chi connectivity index (χ2v) is 12.1.